The molecule has 0 aliphatic heterocycles. The number of aryl methyl sites for hydroxylation is 1. The third kappa shape index (κ3) is 5.59. The van der Waals surface area contributed by atoms with E-state index in [1.165, 1.54) is 11.8 Å². The monoisotopic (exact) mass is 375 g/mol. The second-order valence-corrected chi connectivity index (χ2v) is 7.88. The molecule has 0 aliphatic carbocycles. The van der Waals surface area contributed by atoms with Crippen molar-refractivity contribution in [3.8, 4) is 0 Å². The Morgan fingerprint density at radius 1 is 1.27 bits per heavy atom. The van der Waals surface area contributed by atoms with E-state index in [2.05, 4.69) is 5.32 Å². The van der Waals surface area contributed by atoms with Crippen molar-refractivity contribution < 1.29 is 18.7 Å². The molecule has 2 aromatic carbocycles. The molecule has 0 atom stereocenters. The highest BCUT2D eigenvalue weighted by Crippen LogP contribution is 2.28. The zero-order valence-corrected chi connectivity index (χ0v) is 16.1. The van der Waals surface area contributed by atoms with Gasteiger partial charge in [-0.25, -0.2) is 9.18 Å². The van der Waals surface area contributed by atoms with Crippen LogP contribution in [0.4, 0.5) is 14.9 Å². The van der Waals surface area contributed by atoms with E-state index in [0.717, 1.165) is 4.90 Å². The van der Waals surface area contributed by atoms with Crippen molar-refractivity contribution in [2.75, 3.05) is 5.32 Å². The van der Waals surface area contributed by atoms with Crippen molar-refractivity contribution in [1.82, 2.24) is 0 Å². The Morgan fingerprint density at radius 3 is 2.65 bits per heavy atom. The minimum Gasteiger partial charge on any atom is -0.444 e. The van der Waals surface area contributed by atoms with E-state index < -0.39 is 17.5 Å². The molecule has 0 heterocycles. The summed E-state index contributed by atoms with van der Waals surface area (Å²) in [7, 11) is 0. The van der Waals surface area contributed by atoms with E-state index in [4.69, 9.17) is 4.74 Å². The molecule has 1 N–H and O–H groups in total. The van der Waals surface area contributed by atoms with Gasteiger partial charge in [-0.3, -0.25) is 10.1 Å². The molecule has 26 heavy (non-hydrogen) atoms. The van der Waals surface area contributed by atoms with E-state index in [0.29, 0.717) is 28.9 Å². The fourth-order valence-electron chi connectivity index (χ4n) is 2.24. The van der Waals surface area contributed by atoms with Crippen molar-refractivity contribution >= 4 is 29.8 Å². The first-order valence-electron chi connectivity index (χ1n) is 8.15. The van der Waals surface area contributed by atoms with Gasteiger partial charge in [0.1, 0.15) is 11.4 Å². The molecule has 0 saturated heterocycles. The molecule has 0 saturated carbocycles. The second-order valence-electron chi connectivity index (χ2n) is 6.83. The average molecular weight is 375 g/mol. The van der Waals surface area contributed by atoms with Crippen LogP contribution in [0.15, 0.2) is 41.3 Å². The van der Waals surface area contributed by atoms with E-state index in [1.54, 1.807) is 58.0 Å². The summed E-state index contributed by atoms with van der Waals surface area (Å²) in [6.45, 7) is 7.09. The van der Waals surface area contributed by atoms with Crippen molar-refractivity contribution in [1.29, 1.82) is 0 Å². The summed E-state index contributed by atoms with van der Waals surface area (Å²) in [5.41, 5.74) is 1.21. The van der Waals surface area contributed by atoms with Gasteiger partial charge in [0.15, 0.2) is 6.29 Å². The number of carbonyl (C=O) groups excluding carboxylic acids is 2. The molecular weight excluding hydrogens is 353 g/mol. The van der Waals surface area contributed by atoms with Gasteiger partial charge in [0.05, 0.1) is 5.56 Å². The standard InChI is InChI=1S/C20H22FNO3S/c1-13-8-9-14(18(21)17(13)11-23)12-26-16-7-5-6-15(10-16)22-19(24)25-20(2,3)4/h5-11H,12H2,1-4H3,(H,22,24). The van der Waals surface area contributed by atoms with Gasteiger partial charge >= 0.3 is 6.09 Å². The van der Waals surface area contributed by atoms with Crippen molar-refractivity contribution in [2.24, 2.45) is 0 Å². The van der Waals surface area contributed by atoms with Crippen LogP contribution >= 0.6 is 11.8 Å². The van der Waals surface area contributed by atoms with Crippen molar-refractivity contribution in [3.63, 3.8) is 0 Å². The maximum atomic E-state index is 14.3. The maximum absolute atomic E-state index is 14.3. The van der Waals surface area contributed by atoms with Crippen molar-refractivity contribution in [3.05, 3.63) is 58.9 Å². The lowest BCUT2D eigenvalue weighted by Crippen LogP contribution is -2.27. The number of amides is 1. The van der Waals surface area contributed by atoms with Gasteiger partial charge in [0, 0.05) is 16.3 Å². The molecule has 138 valence electrons. The Kier molecular flexibility index (Phi) is 6.42. The number of aldehydes is 1. The summed E-state index contributed by atoms with van der Waals surface area (Å²) in [4.78, 5) is 23.7. The Morgan fingerprint density at radius 2 is 2.00 bits per heavy atom. The van der Waals surface area contributed by atoms with Crippen LogP contribution in [0.2, 0.25) is 0 Å². The number of ether oxygens (including phenoxy) is 1. The predicted molar refractivity (Wildman–Crippen MR) is 102 cm³/mol. The lowest BCUT2D eigenvalue weighted by atomic mass is 10.1. The summed E-state index contributed by atoms with van der Waals surface area (Å²) in [6.07, 6.45) is 0.0179. The van der Waals surface area contributed by atoms with Gasteiger partial charge in [-0.1, -0.05) is 18.2 Å². The second kappa shape index (κ2) is 8.36. The molecule has 1 amide bonds. The Balaban J connectivity index is 2.05. The number of hydrogen-bond donors (Lipinski definition) is 1. The van der Waals surface area contributed by atoms with Crippen LogP contribution in [0.3, 0.4) is 0 Å². The number of halogens is 1. The molecule has 2 rings (SSSR count). The molecular formula is C20H22FNO3S. The third-order valence-corrected chi connectivity index (χ3v) is 4.51. The van der Waals surface area contributed by atoms with E-state index in [1.807, 2.05) is 6.07 Å². The first-order valence-corrected chi connectivity index (χ1v) is 9.14. The Labute approximate surface area is 157 Å². The molecule has 0 fully saturated rings. The molecule has 0 spiro atoms. The smallest absolute Gasteiger partial charge is 0.412 e. The van der Waals surface area contributed by atoms with E-state index >= 15 is 0 Å². The van der Waals surface area contributed by atoms with Gasteiger partial charge in [0.25, 0.3) is 0 Å². The number of rotatable bonds is 5. The fraction of sp³-hybridized carbons (Fsp3) is 0.300. The average Bonchev–Trinajstić information content (AvgIpc) is 2.53. The van der Waals surface area contributed by atoms with Crippen LogP contribution in [-0.4, -0.2) is 18.0 Å². The number of hydrogen-bond acceptors (Lipinski definition) is 4. The van der Waals surface area contributed by atoms with Gasteiger partial charge in [-0.2, -0.15) is 0 Å². The lowest BCUT2D eigenvalue weighted by Gasteiger charge is -2.19. The van der Waals surface area contributed by atoms with Crippen LogP contribution in [-0.2, 0) is 10.5 Å². The maximum Gasteiger partial charge on any atom is 0.412 e. The summed E-state index contributed by atoms with van der Waals surface area (Å²) < 4.78 is 19.6. The summed E-state index contributed by atoms with van der Waals surface area (Å²) in [6, 6.07) is 10.7. The zero-order chi connectivity index (χ0) is 19.3. The zero-order valence-electron chi connectivity index (χ0n) is 15.3. The molecule has 0 unspecified atom stereocenters. The summed E-state index contributed by atoms with van der Waals surface area (Å²) in [5.74, 6) is -0.0985. The number of carbonyl (C=O) groups is 2. The van der Waals surface area contributed by atoms with E-state index in [-0.39, 0.29) is 5.56 Å². The van der Waals surface area contributed by atoms with Crippen LogP contribution in [0.1, 0.15) is 42.3 Å². The van der Waals surface area contributed by atoms with Gasteiger partial charge in [-0.15, -0.1) is 11.8 Å². The largest absolute Gasteiger partial charge is 0.444 e. The number of thioether (sulfide) groups is 1. The topological polar surface area (TPSA) is 55.4 Å². The molecule has 0 aromatic heterocycles. The van der Waals surface area contributed by atoms with Crippen LogP contribution in [0, 0.1) is 12.7 Å². The first-order chi connectivity index (χ1) is 12.2. The molecule has 6 heteroatoms. The van der Waals surface area contributed by atoms with Crippen LogP contribution in [0.25, 0.3) is 0 Å². The highest BCUT2D eigenvalue weighted by atomic mass is 32.2. The molecule has 2 aromatic rings. The summed E-state index contributed by atoms with van der Waals surface area (Å²) >= 11 is 1.42. The number of benzene rings is 2. The minimum atomic E-state index is -0.574. The van der Waals surface area contributed by atoms with Gasteiger partial charge < -0.3 is 4.74 Å². The number of nitrogens with one attached hydrogen (secondary N) is 1. The highest BCUT2D eigenvalue weighted by molar-refractivity contribution is 7.98. The van der Waals surface area contributed by atoms with Crippen LogP contribution in [0.5, 0.6) is 0 Å². The Bertz CT molecular complexity index is 815. The molecule has 4 nitrogen and oxygen atoms in total. The molecule has 0 bridgehead atoms. The van der Waals surface area contributed by atoms with Gasteiger partial charge in [0.2, 0.25) is 0 Å². The number of anilines is 1. The SMILES string of the molecule is Cc1ccc(CSc2cccc(NC(=O)OC(C)(C)C)c2)c(F)c1C=O. The summed E-state index contributed by atoms with van der Waals surface area (Å²) in [5, 5.41) is 2.68. The molecule has 0 aliphatic rings. The fourth-order valence-corrected chi connectivity index (χ4v) is 3.17. The minimum absolute atomic E-state index is 0.100. The van der Waals surface area contributed by atoms with Crippen molar-refractivity contribution in [2.45, 2.75) is 43.9 Å². The third-order valence-electron chi connectivity index (χ3n) is 3.47. The molecule has 0 radical (unpaired) electrons. The van der Waals surface area contributed by atoms with Crippen LogP contribution < -0.4 is 5.32 Å². The Hall–Kier alpha value is -2.34. The van der Waals surface area contributed by atoms with Gasteiger partial charge in [-0.05, 0) is 57.0 Å². The predicted octanol–water partition coefficient (Wildman–Crippen LogP) is 5.59. The normalized spacial score (nSPS) is 11.1. The quantitative estimate of drug-likeness (QED) is 0.547. The first kappa shape index (κ1) is 20.0. The lowest BCUT2D eigenvalue weighted by molar-refractivity contribution is 0.0635. The highest BCUT2D eigenvalue weighted by Gasteiger charge is 2.16. The van der Waals surface area contributed by atoms with E-state index in [9.17, 15) is 14.0 Å².